The van der Waals surface area contributed by atoms with Gasteiger partial charge in [-0.05, 0) is 36.6 Å². The minimum atomic E-state index is -0.646. The quantitative estimate of drug-likeness (QED) is 0.421. The molecular weight excluding hydrogens is 438 g/mol. The van der Waals surface area contributed by atoms with Gasteiger partial charge in [0, 0.05) is 13.6 Å². The van der Waals surface area contributed by atoms with E-state index in [1.807, 2.05) is 54.6 Å². The van der Waals surface area contributed by atoms with E-state index < -0.39 is 6.10 Å². The average molecular weight is 468 g/mol. The maximum Gasteiger partial charge on any atom is 0.261 e. The van der Waals surface area contributed by atoms with Crippen molar-refractivity contribution < 1.29 is 14.3 Å². The van der Waals surface area contributed by atoms with Crippen LogP contribution in [0.2, 0.25) is 0 Å². The van der Waals surface area contributed by atoms with Gasteiger partial charge in [-0.3, -0.25) is 9.59 Å². The molecule has 0 aliphatic heterocycles. The highest BCUT2D eigenvalue weighted by Gasteiger charge is 2.17. The fraction of sp³-hybridized carbons (Fsp3) is 0.333. The molecule has 1 aromatic heterocycles. The molecule has 3 aromatic rings. The Labute approximate surface area is 198 Å². The Hall–Kier alpha value is -3.33. The third-order valence-electron chi connectivity index (χ3n) is 5.02. The van der Waals surface area contributed by atoms with Crippen molar-refractivity contribution in [3.63, 3.8) is 0 Å². The van der Waals surface area contributed by atoms with Crippen LogP contribution < -0.4 is 15.4 Å². The Balaban J connectivity index is 1.42. The van der Waals surface area contributed by atoms with Crippen LogP contribution in [0.4, 0.5) is 0 Å². The summed E-state index contributed by atoms with van der Waals surface area (Å²) in [5.41, 5.74) is 2.26. The Morgan fingerprint density at radius 3 is 2.42 bits per heavy atom. The van der Waals surface area contributed by atoms with Gasteiger partial charge in [-0.2, -0.15) is 0 Å². The zero-order chi connectivity index (χ0) is 23.6. The van der Waals surface area contributed by atoms with E-state index in [4.69, 9.17) is 4.74 Å². The van der Waals surface area contributed by atoms with Gasteiger partial charge >= 0.3 is 0 Å². The van der Waals surface area contributed by atoms with E-state index in [2.05, 4.69) is 27.8 Å². The molecule has 0 aliphatic carbocycles. The first-order valence-corrected chi connectivity index (χ1v) is 11.8. The monoisotopic (exact) mass is 467 g/mol. The van der Waals surface area contributed by atoms with Gasteiger partial charge in [0.25, 0.3) is 5.91 Å². The molecule has 0 radical (unpaired) electrons. The Morgan fingerprint density at radius 2 is 1.73 bits per heavy atom. The second-order valence-electron chi connectivity index (χ2n) is 7.48. The van der Waals surface area contributed by atoms with Gasteiger partial charge in [-0.25, -0.2) is 0 Å². The highest BCUT2D eigenvalue weighted by atomic mass is 32.2. The van der Waals surface area contributed by atoms with Crippen LogP contribution in [-0.4, -0.2) is 38.4 Å². The summed E-state index contributed by atoms with van der Waals surface area (Å²) in [4.78, 5) is 24.5. The molecule has 1 heterocycles. The normalized spacial score (nSPS) is 11.6. The molecule has 1 atom stereocenters. The number of carbonyl (C=O) groups excluding carboxylic acids is 2. The molecule has 8 nitrogen and oxygen atoms in total. The molecule has 0 saturated carbocycles. The van der Waals surface area contributed by atoms with Crippen LogP contribution in [0.1, 0.15) is 30.8 Å². The molecule has 0 fully saturated rings. The third-order valence-corrected chi connectivity index (χ3v) is 6.04. The van der Waals surface area contributed by atoms with Crippen molar-refractivity contribution in [3.05, 3.63) is 71.5 Å². The van der Waals surface area contributed by atoms with Crippen molar-refractivity contribution in [2.45, 2.75) is 44.6 Å². The van der Waals surface area contributed by atoms with Crippen molar-refractivity contribution in [2.75, 3.05) is 5.75 Å². The van der Waals surface area contributed by atoms with Gasteiger partial charge in [0.2, 0.25) is 5.91 Å². The molecular formula is C24H29N5O3S. The van der Waals surface area contributed by atoms with Crippen LogP contribution in [-0.2, 0) is 36.1 Å². The van der Waals surface area contributed by atoms with Crippen molar-refractivity contribution in [3.8, 4) is 5.75 Å². The predicted molar refractivity (Wildman–Crippen MR) is 128 cm³/mol. The van der Waals surface area contributed by atoms with E-state index in [-0.39, 0.29) is 24.1 Å². The van der Waals surface area contributed by atoms with Crippen LogP contribution in [0.5, 0.6) is 5.75 Å². The smallest absolute Gasteiger partial charge is 0.261 e. The van der Waals surface area contributed by atoms with E-state index in [1.54, 1.807) is 18.5 Å². The fourth-order valence-electron chi connectivity index (χ4n) is 2.97. The largest absolute Gasteiger partial charge is 0.481 e. The summed E-state index contributed by atoms with van der Waals surface area (Å²) in [5, 5.41) is 14.6. The maximum atomic E-state index is 12.4. The van der Waals surface area contributed by atoms with Crippen LogP contribution in [0.25, 0.3) is 0 Å². The zero-order valence-corrected chi connectivity index (χ0v) is 19.9. The number of carbonyl (C=O) groups is 2. The van der Waals surface area contributed by atoms with E-state index in [9.17, 15) is 9.59 Å². The van der Waals surface area contributed by atoms with Crippen molar-refractivity contribution in [1.29, 1.82) is 0 Å². The van der Waals surface area contributed by atoms with Crippen LogP contribution in [0.3, 0.4) is 0 Å². The summed E-state index contributed by atoms with van der Waals surface area (Å²) in [6.07, 6.45) is 0.306. The van der Waals surface area contributed by atoms with Gasteiger partial charge in [-0.1, -0.05) is 61.2 Å². The number of benzene rings is 2. The minimum absolute atomic E-state index is 0.0837. The molecule has 9 heteroatoms. The number of aryl methyl sites for hydroxylation is 1. The number of thioether (sulfide) groups is 1. The number of hydrogen-bond donors (Lipinski definition) is 2. The number of nitrogens with one attached hydrogen (secondary N) is 2. The number of hydrogen-bond acceptors (Lipinski definition) is 6. The summed E-state index contributed by atoms with van der Waals surface area (Å²) in [7, 11) is 1.81. The number of amides is 2. The van der Waals surface area contributed by atoms with Crippen molar-refractivity contribution in [1.82, 2.24) is 25.4 Å². The SMILES string of the molecule is CCc1ccc(O[C@H](C)C(=O)NCc2nnc(SCC(=O)NCc3ccccc3)n2C)cc1. The van der Waals surface area contributed by atoms with E-state index in [0.717, 1.165) is 12.0 Å². The Kier molecular flexibility index (Phi) is 8.88. The second kappa shape index (κ2) is 12.1. The number of ether oxygens (including phenoxy) is 1. The topological polar surface area (TPSA) is 98.1 Å². The molecule has 174 valence electrons. The molecule has 0 aliphatic rings. The van der Waals surface area contributed by atoms with Crippen molar-refractivity contribution >= 4 is 23.6 Å². The first kappa shape index (κ1) is 24.3. The van der Waals surface area contributed by atoms with Crippen LogP contribution >= 0.6 is 11.8 Å². The molecule has 0 bridgehead atoms. The fourth-order valence-corrected chi connectivity index (χ4v) is 3.73. The summed E-state index contributed by atoms with van der Waals surface area (Å²) in [6.45, 7) is 4.49. The lowest BCUT2D eigenvalue weighted by atomic mass is 10.2. The van der Waals surface area contributed by atoms with E-state index in [0.29, 0.717) is 23.3 Å². The first-order chi connectivity index (χ1) is 16.0. The molecule has 0 spiro atoms. The number of aromatic nitrogens is 3. The standard InChI is InChI=1S/C24H29N5O3S/c1-4-18-10-12-20(13-11-18)32-17(2)23(31)26-15-21-27-28-24(29(21)3)33-16-22(30)25-14-19-8-6-5-7-9-19/h5-13,17H,4,14-16H2,1-3H3,(H,25,30)(H,26,31)/t17-/m1/s1. The molecule has 0 saturated heterocycles. The highest BCUT2D eigenvalue weighted by molar-refractivity contribution is 7.99. The summed E-state index contributed by atoms with van der Waals surface area (Å²) in [6, 6.07) is 17.4. The summed E-state index contributed by atoms with van der Waals surface area (Å²) in [5.74, 6) is 1.15. The lowest BCUT2D eigenvalue weighted by Crippen LogP contribution is -2.36. The number of nitrogens with zero attached hydrogens (tertiary/aromatic N) is 3. The minimum Gasteiger partial charge on any atom is -0.481 e. The van der Waals surface area contributed by atoms with E-state index >= 15 is 0 Å². The van der Waals surface area contributed by atoms with Gasteiger partial charge in [0.1, 0.15) is 5.75 Å². The Morgan fingerprint density at radius 1 is 1.00 bits per heavy atom. The van der Waals surface area contributed by atoms with Gasteiger partial charge in [0.05, 0.1) is 12.3 Å². The molecule has 0 unspecified atom stereocenters. The summed E-state index contributed by atoms with van der Waals surface area (Å²) < 4.78 is 7.48. The average Bonchev–Trinajstić information content (AvgIpc) is 3.20. The van der Waals surface area contributed by atoms with Gasteiger partial charge in [0.15, 0.2) is 17.1 Å². The summed E-state index contributed by atoms with van der Waals surface area (Å²) >= 11 is 1.30. The lowest BCUT2D eigenvalue weighted by Gasteiger charge is -2.15. The zero-order valence-electron chi connectivity index (χ0n) is 19.1. The molecule has 2 N–H and O–H groups in total. The predicted octanol–water partition coefficient (Wildman–Crippen LogP) is 2.87. The van der Waals surface area contributed by atoms with Gasteiger partial charge < -0.3 is 19.9 Å². The number of rotatable bonds is 11. The molecule has 3 rings (SSSR count). The lowest BCUT2D eigenvalue weighted by molar-refractivity contribution is -0.127. The van der Waals surface area contributed by atoms with Crippen LogP contribution in [0.15, 0.2) is 59.8 Å². The molecule has 2 amide bonds. The maximum absolute atomic E-state index is 12.4. The first-order valence-electron chi connectivity index (χ1n) is 10.8. The van der Waals surface area contributed by atoms with Crippen LogP contribution in [0, 0.1) is 0 Å². The second-order valence-corrected chi connectivity index (χ2v) is 8.43. The highest BCUT2D eigenvalue weighted by Crippen LogP contribution is 2.16. The molecule has 2 aromatic carbocycles. The van der Waals surface area contributed by atoms with E-state index in [1.165, 1.54) is 17.3 Å². The van der Waals surface area contributed by atoms with Crippen molar-refractivity contribution in [2.24, 2.45) is 7.05 Å². The Bertz CT molecular complexity index is 1050. The molecule has 33 heavy (non-hydrogen) atoms. The third kappa shape index (κ3) is 7.35. The van der Waals surface area contributed by atoms with Gasteiger partial charge in [-0.15, -0.1) is 10.2 Å².